The number of rotatable bonds is 36. The Morgan fingerprint density at radius 1 is 0.276 bits per heavy atom. The van der Waals surface area contributed by atoms with Crippen molar-refractivity contribution in [2.75, 3.05) is 7.11 Å². The van der Waals surface area contributed by atoms with E-state index in [-0.39, 0.29) is 142 Å². The van der Waals surface area contributed by atoms with Crippen LogP contribution < -0.4 is 26.6 Å². The van der Waals surface area contributed by atoms with E-state index in [1.165, 1.54) is 37.7 Å². The van der Waals surface area contributed by atoms with Gasteiger partial charge in [0.25, 0.3) is 59.1 Å². The Bertz CT molecular complexity index is 3180. The van der Waals surface area contributed by atoms with Crippen LogP contribution in [-0.4, -0.2) is 181 Å². The second-order valence-electron chi connectivity index (χ2n) is 35.8. The monoisotopic (exact) mass is 1630 g/mol. The molecule has 0 saturated heterocycles. The maximum atomic E-state index is 13.0. The summed E-state index contributed by atoms with van der Waals surface area (Å²) in [6, 6.07) is -4.41. The van der Waals surface area contributed by atoms with E-state index < -0.39 is 36.3 Å². The average molecular weight is 1630 g/mol. The Labute approximate surface area is 695 Å². The van der Waals surface area contributed by atoms with Gasteiger partial charge >= 0.3 is 0 Å². The Hall–Kier alpha value is -8.45. The molecule has 116 heavy (non-hydrogen) atoms. The molecule has 0 bridgehead atoms. The molecule has 10 atom stereocenters. The van der Waals surface area contributed by atoms with Gasteiger partial charge in [0, 0.05) is 62.5 Å². The summed E-state index contributed by atoms with van der Waals surface area (Å²) in [5.74, 6) is -0.306. The largest absolute Gasteiger partial charge is 0.499 e. The quantitative estimate of drug-likeness (QED) is 0.0389. The summed E-state index contributed by atoms with van der Waals surface area (Å²) in [6.07, 6.45) is 15.3. The van der Waals surface area contributed by atoms with Crippen LogP contribution in [0, 0.1) is 59.2 Å². The fourth-order valence-electron chi connectivity index (χ4n) is 14.4. The summed E-state index contributed by atoms with van der Waals surface area (Å²) in [5, 5.41) is 13.9. The summed E-state index contributed by atoms with van der Waals surface area (Å²) >= 11 is 0. The van der Waals surface area contributed by atoms with Gasteiger partial charge in [0.2, 0.25) is 29.5 Å². The second kappa shape index (κ2) is 51.0. The average Bonchev–Trinajstić information content (AvgIpc) is 1.68. The number of hydrogen-bond donors (Lipinski definition) is 5. The maximum Gasteiger partial charge on any atom is 0.257 e. The number of carbonyl (C=O) groups is 15. The van der Waals surface area contributed by atoms with E-state index in [4.69, 9.17) is 4.74 Å². The lowest BCUT2D eigenvalue weighted by Gasteiger charge is -2.30. The minimum atomic E-state index is -0.694. The predicted octanol–water partition coefficient (Wildman–Crippen LogP) is 12.9. The van der Waals surface area contributed by atoms with Crippen LogP contribution in [0.25, 0.3) is 0 Å². The molecule has 0 aromatic rings. The van der Waals surface area contributed by atoms with Gasteiger partial charge in [-0.2, -0.15) is 0 Å². The number of amides is 15. The number of ether oxygens (including phenoxy) is 1. The standard InChI is InChI=1S/C18H30N2O4.4C18H30N2O3/c1-7-16(21)19-13(8-11(2)3)18(23)20-14(9-12(4)5)15(24-6)10-17(20)22;4*1-7-16(21)19-14(8-11(2)3)18(23)20-15(9-12(4)5)13(6)10-17(20)22/h10-14H,7-9H2,1-6H3,(H,19,21);4*10-12,14-15H,7-9H2,1-6H3,(H,19,21)/t13-,14+;4*14-,15+/m11111/s1. The first-order chi connectivity index (χ1) is 53.9. The molecule has 5 aliphatic rings. The molecule has 0 aromatic heterocycles. The zero-order valence-electron chi connectivity index (χ0n) is 76.3. The lowest BCUT2D eigenvalue weighted by atomic mass is 9.97. The van der Waals surface area contributed by atoms with Gasteiger partial charge in [0.05, 0.1) is 37.3 Å². The SMILES string of the molecule is CCC(=O)N[C@H](CC(C)C)C(=O)N1C(=O)C=C(C)[C@@H]1CC(C)C.CCC(=O)N[C@H](CC(C)C)C(=O)N1C(=O)C=C(C)[C@@H]1CC(C)C.CCC(=O)N[C@H](CC(C)C)C(=O)N1C(=O)C=C(C)[C@@H]1CC(C)C.CCC(=O)N[C@H](CC(C)C)C(=O)N1C(=O)C=C(C)[C@@H]1CC(C)C.CCC(=O)N[C@H](CC(C)C)C(=O)N1C(=O)C=C(OC)[C@@H]1CC(C)C. The van der Waals surface area contributed by atoms with Crippen LogP contribution in [-0.2, 0) is 76.7 Å². The van der Waals surface area contributed by atoms with Gasteiger partial charge in [-0.05, 0) is 173 Å². The Kier molecular flexibility index (Phi) is 46.4. The van der Waals surface area contributed by atoms with Crippen molar-refractivity contribution in [2.24, 2.45) is 59.2 Å². The van der Waals surface area contributed by atoms with E-state index >= 15 is 0 Å². The third-order valence-corrected chi connectivity index (χ3v) is 20.1. The van der Waals surface area contributed by atoms with Crippen LogP contribution in [0.2, 0.25) is 0 Å². The first-order valence-electron chi connectivity index (χ1n) is 42.7. The Morgan fingerprint density at radius 2 is 0.431 bits per heavy atom. The highest BCUT2D eigenvalue weighted by Crippen LogP contribution is 2.33. The molecule has 26 nitrogen and oxygen atoms in total. The molecule has 656 valence electrons. The van der Waals surface area contributed by atoms with Crippen LogP contribution in [0.1, 0.15) is 297 Å². The smallest absolute Gasteiger partial charge is 0.257 e. The molecule has 0 spiro atoms. The van der Waals surface area contributed by atoms with E-state index in [0.29, 0.717) is 106 Å². The molecule has 5 N–H and O–H groups in total. The van der Waals surface area contributed by atoms with Crippen LogP contribution >= 0.6 is 0 Å². The summed E-state index contributed by atoms with van der Waals surface area (Å²) < 4.78 is 5.30. The van der Waals surface area contributed by atoms with Gasteiger partial charge in [-0.3, -0.25) is 96.4 Å². The summed E-state index contributed by atoms with van der Waals surface area (Å²) in [6.45, 7) is 56.9. The molecule has 15 amide bonds. The molecule has 0 aliphatic carbocycles. The molecule has 0 saturated carbocycles. The molecule has 0 radical (unpaired) electrons. The van der Waals surface area contributed by atoms with Crippen molar-refractivity contribution in [1.82, 2.24) is 51.1 Å². The van der Waals surface area contributed by atoms with E-state index in [9.17, 15) is 71.9 Å². The summed E-state index contributed by atoms with van der Waals surface area (Å²) in [4.78, 5) is 192. The summed E-state index contributed by atoms with van der Waals surface area (Å²) in [7, 11) is 1.50. The number of methoxy groups -OCH3 is 1. The third kappa shape index (κ3) is 34.2. The second-order valence-corrected chi connectivity index (χ2v) is 35.8. The number of carbonyl (C=O) groups excluding carboxylic acids is 15. The molecule has 26 heteroatoms. The van der Waals surface area contributed by atoms with Gasteiger partial charge in [0.15, 0.2) is 0 Å². The van der Waals surface area contributed by atoms with Crippen molar-refractivity contribution in [2.45, 2.75) is 358 Å². The summed E-state index contributed by atoms with van der Waals surface area (Å²) in [5.41, 5.74) is 3.67. The van der Waals surface area contributed by atoms with Crippen LogP contribution in [0.5, 0.6) is 0 Å². The Morgan fingerprint density at radius 3 is 0.578 bits per heavy atom. The van der Waals surface area contributed by atoms with Crippen molar-refractivity contribution >= 4 is 88.6 Å². The van der Waals surface area contributed by atoms with Gasteiger partial charge in [-0.15, -0.1) is 0 Å². The zero-order valence-corrected chi connectivity index (χ0v) is 76.3. The molecule has 0 fully saturated rings. The van der Waals surface area contributed by atoms with Gasteiger partial charge in [-0.25, -0.2) is 0 Å². The molecule has 5 aliphatic heterocycles. The first kappa shape index (κ1) is 106. The van der Waals surface area contributed by atoms with E-state index in [1.807, 2.05) is 111 Å². The van der Waals surface area contributed by atoms with Crippen LogP contribution in [0.4, 0.5) is 0 Å². The third-order valence-electron chi connectivity index (χ3n) is 20.1. The van der Waals surface area contributed by atoms with Crippen molar-refractivity contribution in [3.63, 3.8) is 0 Å². The topological polar surface area (TPSA) is 342 Å². The molecule has 0 unspecified atom stereocenters. The fraction of sp³-hybridized carbons (Fsp3) is 0.722. The van der Waals surface area contributed by atoms with Crippen molar-refractivity contribution < 1.29 is 76.7 Å². The molecule has 0 aromatic carbocycles. The van der Waals surface area contributed by atoms with Crippen LogP contribution in [0.15, 0.2) is 58.4 Å². The van der Waals surface area contributed by atoms with Crippen LogP contribution in [0.3, 0.4) is 0 Å². The zero-order chi connectivity index (χ0) is 89.4. The van der Waals surface area contributed by atoms with Gasteiger partial charge < -0.3 is 31.3 Å². The van der Waals surface area contributed by atoms with E-state index in [2.05, 4.69) is 82.0 Å². The van der Waals surface area contributed by atoms with Gasteiger partial charge in [-0.1, -0.05) is 173 Å². The molecular weight excluding hydrogens is 1480 g/mol. The van der Waals surface area contributed by atoms with Gasteiger partial charge in [0.1, 0.15) is 36.0 Å². The number of hydrogen-bond acceptors (Lipinski definition) is 16. The lowest BCUT2D eigenvalue weighted by molar-refractivity contribution is -0.147. The Balaban J connectivity index is 0.000000725. The van der Waals surface area contributed by atoms with Crippen molar-refractivity contribution in [3.8, 4) is 0 Å². The molecular formula is C90H150N10O16. The highest BCUT2D eigenvalue weighted by molar-refractivity contribution is 6.10. The highest BCUT2D eigenvalue weighted by Gasteiger charge is 2.46. The maximum absolute atomic E-state index is 13.0. The highest BCUT2D eigenvalue weighted by atomic mass is 16.5. The minimum absolute atomic E-state index is 0.166. The number of imide groups is 5. The first-order valence-corrected chi connectivity index (χ1v) is 42.7. The van der Waals surface area contributed by atoms with E-state index in [0.717, 1.165) is 48.0 Å². The normalized spacial score (nSPS) is 19.2. The predicted molar refractivity (Wildman–Crippen MR) is 454 cm³/mol. The fourth-order valence-corrected chi connectivity index (χ4v) is 14.4. The van der Waals surface area contributed by atoms with Crippen molar-refractivity contribution in [3.05, 3.63) is 58.4 Å². The molecule has 5 rings (SSSR count). The van der Waals surface area contributed by atoms with E-state index in [1.54, 1.807) is 58.9 Å². The number of nitrogens with one attached hydrogen (secondary N) is 5. The number of nitrogens with zero attached hydrogens (tertiary/aromatic N) is 5. The lowest BCUT2D eigenvalue weighted by Crippen LogP contribution is -2.52. The van der Waals surface area contributed by atoms with Crippen molar-refractivity contribution in [1.29, 1.82) is 0 Å². The molecule has 5 heterocycles. The minimum Gasteiger partial charge on any atom is -0.499 e.